The minimum Gasteiger partial charge on any atom is -0.465 e. The predicted molar refractivity (Wildman–Crippen MR) is 89.6 cm³/mol. The van der Waals surface area contributed by atoms with Crippen LogP contribution in [0.15, 0.2) is 42.5 Å². The average Bonchev–Trinajstić information content (AvgIpc) is 2.61. The van der Waals surface area contributed by atoms with E-state index >= 15 is 0 Å². The summed E-state index contributed by atoms with van der Waals surface area (Å²) in [4.78, 5) is 12.4. The first kappa shape index (κ1) is 18.9. The molecule has 0 amide bonds. The molecule has 0 bridgehead atoms. The molecule has 0 N–H and O–H groups in total. The molecular formula is C17H13F3NO5S+. The zero-order valence-corrected chi connectivity index (χ0v) is 14.9. The van der Waals surface area contributed by atoms with Crippen molar-refractivity contribution in [1.82, 2.24) is 0 Å². The van der Waals surface area contributed by atoms with E-state index in [0.717, 1.165) is 13.2 Å². The Morgan fingerprint density at radius 3 is 2.30 bits per heavy atom. The summed E-state index contributed by atoms with van der Waals surface area (Å²) in [6, 6.07) is 10.6. The number of fused-ring (bicyclic) bond motifs is 2. The number of rotatable bonds is 3. The van der Waals surface area contributed by atoms with Gasteiger partial charge in [-0.3, -0.25) is 0 Å². The van der Waals surface area contributed by atoms with Crippen molar-refractivity contribution in [2.45, 2.75) is 5.51 Å². The SMILES string of the molecule is COC(=O)c1c2ccccc2[n+](C)c2cccc(OS(=O)(=O)C(F)(F)F)c12. The van der Waals surface area contributed by atoms with E-state index in [2.05, 4.69) is 4.18 Å². The Labute approximate surface area is 151 Å². The van der Waals surface area contributed by atoms with Crippen LogP contribution in [0.4, 0.5) is 13.2 Å². The molecule has 142 valence electrons. The van der Waals surface area contributed by atoms with E-state index in [1.54, 1.807) is 35.9 Å². The maximum atomic E-state index is 12.8. The number of ether oxygens (including phenoxy) is 1. The molecule has 0 aliphatic heterocycles. The summed E-state index contributed by atoms with van der Waals surface area (Å²) in [6.45, 7) is 0. The van der Waals surface area contributed by atoms with Crippen LogP contribution in [-0.2, 0) is 21.9 Å². The molecule has 0 aliphatic rings. The zero-order valence-electron chi connectivity index (χ0n) is 14.1. The minimum absolute atomic E-state index is 0.0887. The smallest absolute Gasteiger partial charge is 0.465 e. The van der Waals surface area contributed by atoms with Crippen LogP contribution >= 0.6 is 0 Å². The first-order valence-corrected chi connectivity index (χ1v) is 8.92. The van der Waals surface area contributed by atoms with Gasteiger partial charge in [-0.1, -0.05) is 18.2 Å². The molecule has 3 rings (SSSR count). The Bertz CT molecular complexity index is 1170. The van der Waals surface area contributed by atoms with Crippen molar-refractivity contribution in [2.24, 2.45) is 7.05 Å². The number of methoxy groups -OCH3 is 1. The number of alkyl halides is 3. The summed E-state index contributed by atoms with van der Waals surface area (Å²) in [6.07, 6.45) is 0. The van der Waals surface area contributed by atoms with Crippen LogP contribution in [0.25, 0.3) is 21.8 Å². The third-order valence-corrected chi connectivity index (χ3v) is 4.99. The Balaban J connectivity index is 2.46. The monoisotopic (exact) mass is 400 g/mol. The fourth-order valence-electron chi connectivity index (χ4n) is 2.84. The lowest BCUT2D eigenvalue weighted by atomic mass is 10.0. The van der Waals surface area contributed by atoms with E-state index in [1.807, 2.05) is 0 Å². The van der Waals surface area contributed by atoms with Crippen LogP contribution in [0, 0.1) is 0 Å². The number of para-hydroxylation sites is 1. The summed E-state index contributed by atoms with van der Waals surface area (Å²) < 4.78 is 72.0. The lowest BCUT2D eigenvalue weighted by molar-refractivity contribution is -0.617. The van der Waals surface area contributed by atoms with Gasteiger partial charge in [0.15, 0.2) is 5.75 Å². The van der Waals surface area contributed by atoms with Crippen molar-refractivity contribution < 1.29 is 39.9 Å². The second-order valence-electron chi connectivity index (χ2n) is 5.58. The van der Waals surface area contributed by atoms with E-state index in [-0.39, 0.29) is 10.9 Å². The molecule has 2 aromatic carbocycles. The maximum Gasteiger partial charge on any atom is 0.534 e. The number of carbonyl (C=O) groups excluding carboxylic acids is 1. The Kier molecular flexibility index (Phi) is 4.46. The van der Waals surface area contributed by atoms with Gasteiger partial charge >= 0.3 is 21.6 Å². The van der Waals surface area contributed by atoms with E-state index in [0.29, 0.717) is 16.4 Å². The molecule has 1 heterocycles. The average molecular weight is 400 g/mol. The van der Waals surface area contributed by atoms with Crippen LogP contribution < -0.4 is 8.75 Å². The number of aromatic nitrogens is 1. The van der Waals surface area contributed by atoms with Crippen LogP contribution in [0.1, 0.15) is 10.4 Å². The van der Waals surface area contributed by atoms with Crippen LogP contribution in [0.5, 0.6) is 5.75 Å². The first-order chi connectivity index (χ1) is 12.6. The van der Waals surface area contributed by atoms with E-state index in [4.69, 9.17) is 4.74 Å². The molecule has 10 heteroatoms. The van der Waals surface area contributed by atoms with Gasteiger partial charge in [-0.2, -0.15) is 26.2 Å². The highest BCUT2D eigenvalue weighted by Gasteiger charge is 2.49. The maximum absolute atomic E-state index is 12.8. The molecule has 0 fully saturated rings. The molecular weight excluding hydrogens is 387 g/mol. The van der Waals surface area contributed by atoms with E-state index in [9.17, 15) is 26.4 Å². The van der Waals surface area contributed by atoms with Gasteiger partial charge in [0.1, 0.15) is 12.4 Å². The number of aryl methyl sites for hydroxylation is 1. The lowest BCUT2D eigenvalue weighted by Gasteiger charge is -2.14. The Morgan fingerprint density at radius 2 is 1.67 bits per heavy atom. The van der Waals surface area contributed by atoms with Gasteiger partial charge in [0.2, 0.25) is 11.0 Å². The number of benzene rings is 2. The third-order valence-electron chi connectivity index (χ3n) is 4.02. The van der Waals surface area contributed by atoms with Gasteiger partial charge in [-0.05, 0) is 12.1 Å². The van der Waals surface area contributed by atoms with Crippen molar-refractivity contribution >= 4 is 37.9 Å². The van der Waals surface area contributed by atoms with Crippen molar-refractivity contribution in [3.8, 4) is 5.75 Å². The van der Waals surface area contributed by atoms with Crippen molar-refractivity contribution in [3.63, 3.8) is 0 Å². The molecule has 0 saturated carbocycles. The van der Waals surface area contributed by atoms with Gasteiger partial charge in [0.05, 0.1) is 18.1 Å². The molecule has 0 atom stereocenters. The summed E-state index contributed by atoms with van der Waals surface area (Å²) in [5.74, 6) is -1.45. The molecule has 0 saturated heterocycles. The Morgan fingerprint density at radius 1 is 1.04 bits per heavy atom. The molecule has 0 unspecified atom stereocenters. The molecule has 0 spiro atoms. The highest BCUT2D eigenvalue weighted by atomic mass is 32.2. The standard InChI is InChI=1S/C17H13F3NO5S/c1-21-11-7-4-3-6-10(11)14(16(22)25-2)15-12(21)8-5-9-13(15)26-27(23,24)17(18,19)20/h3-9H,1-2H3/q+1. The Hall–Kier alpha value is -2.88. The molecule has 1 aromatic heterocycles. The number of esters is 1. The summed E-state index contributed by atoms with van der Waals surface area (Å²) in [7, 11) is -3.17. The number of halogens is 3. The van der Waals surface area contributed by atoms with Crippen LogP contribution in [0.3, 0.4) is 0 Å². The number of nitrogens with zero attached hydrogens (tertiary/aromatic N) is 1. The highest BCUT2D eigenvalue weighted by Crippen LogP contribution is 2.35. The fraction of sp³-hybridized carbons (Fsp3) is 0.176. The topological polar surface area (TPSA) is 73.5 Å². The predicted octanol–water partition coefficient (Wildman–Crippen LogP) is 2.83. The molecule has 0 aliphatic carbocycles. The van der Waals surface area contributed by atoms with Crippen molar-refractivity contribution in [3.05, 3.63) is 48.0 Å². The molecule has 27 heavy (non-hydrogen) atoms. The third kappa shape index (κ3) is 3.05. The van der Waals surface area contributed by atoms with Crippen molar-refractivity contribution in [1.29, 1.82) is 0 Å². The normalized spacial score (nSPS) is 12.3. The molecule has 3 aromatic rings. The minimum atomic E-state index is -5.92. The zero-order chi connectivity index (χ0) is 20.0. The fourth-order valence-corrected chi connectivity index (χ4v) is 3.31. The summed E-state index contributed by atoms with van der Waals surface area (Å²) in [5.41, 5.74) is -4.81. The van der Waals surface area contributed by atoms with Gasteiger partial charge in [0.25, 0.3) is 0 Å². The van der Waals surface area contributed by atoms with E-state index in [1.165, 1.54) is 12.1 Å². The lowest BCUT2D eigenvalue weighted by Crippen LogP contribution is -2.32. The van der Waals surface area contributed by atoms with Gasteiger partial charge in [-0.25, -0.2) is 4.79 Å². The quantitative estimate of drug-likeness (QED) is 0.222. The molecule has 6 nitrogen and oxygen atoms in total. The summed E-state index contributed by atoms with van der Waals surface area (Å²) in [5, 5.41) is 0.276. The number of hydrogen-bond acceptors (Lipinski definition) is 5. The summed E-state index contributed by atoms with van der Waals surface area (Å²) >= 11 is 0. The van der Waals surface area contributed by atoms with Crippen LogP contribution in [0.2, 0.25) is 0 Å². The number of hydrogen-bond donors (Lipinski definition) is 0. The number of pyridine rings is 1. The van der Waals surface area contributed by atoms with Gasteiger partial charge in [0, 0.05) is 12.1 Å². The van der Waals surface area contributed by atoms with Crippen LogP contribution in [-0.4, -0.2) is 27.0 Å². The van der Waals surface area contributed by atoms with Gasteiger partial charge < -0.3 is 8.92 Å². The second kappa shape index (κ2) is 6.38. The first-order valence-electron chi connectivity index (χ1n) is 7.51. The van der Waals surface area contributed by atoms with Crippen molar-refractivity contribution in [2.75, 3.05) is 7.11 Å². The number of carbonyl (C=O) groups is 1. The molecule has 0 radical (unpaired) electrons. The van der Waals surface area contributed by atoms with Gasteiger partial charge in [-0.15, -0.1) is 0 Å². The highest BCUT2D eigenvalue weighted by molar-refractivity contribution is 7.88. The largest absolute Gasteiger partial charge is 0.534 e. The van der Waals surface area contributed by atoms with E-state index < -0.39 is 27.3 Å². The second-order valence-corrected chi connectivity index (χ2v) is 7.11.